The van der Waals surface area contributed by atoms with Crippen LogP contribution in [0.4, 0.5) is 0 Å². The maximum Gasteiger partial charge on any atom is 0.347 e. The molecule has 0 fully saturated rings. The first-order valence-corrected chi connectivity index (χ1v) is 8.91. The zero-order valence-corrected chi connectivity index (χ0v) is 15.0. The van der Waals surface area contributed by atoms with E-state index in [0.29, 0.717) is 34.4 Å². The lowest BCUT2D eigenvalue weighted by Crippen LogP contribution is -1.99. The molecule has 0 saturated carbocycles. The Morgan fingerprint density at radius 3 is 2.56 bits per heavy atom. The number of nitrogens with zero attached hydrogens (tertiary/aromatic N) is 1. The van der Waals surface area contributed by atoms with Crippen LogP contribution in [0.2, 0.25) is 0 Å². The summed E-state index contributed by atoms with van der Waals surface area (Å²) >= 11 is 1.19. The van der Waals surface area contributed by atoms with Crippen molar-refractivity contribution in [2.75, 3.05) is 0 Å². The van der Waals surface area contributed by atoms with Gasteiger partial charge in [-0.25, -0.2) is 9.78 Å². The highest BCUT2D eigenvalue weighted by Crippen LogP contribution is 2.35. The van der Waals surface area contributed by atoms with Crippen LogP contribution in [0.5, 0.6) is 5.75 Å². The van der Waals surface area contributed by atoms with Gasteiger partial charge < -0.3 is 9.84 Å². The molecule has 5 heteroatoms. The lowest BCUT2D eigenvalue weighted by molar-refractivity contribution is 0.0701. The first kappa shape index (κ1) is 17.2. The summed E-state index contributed by atoms with van der Waals surface area (Å²) in [4.78, 5) is 16.2. The summed E-state index contributed by atoms with van der Waals surface area (Å²) in [6.45, 7) is 4.42. The molecule has 3 rings (SSSR count). The number of benzene rings is 2. The highest BCUT2D eigenvalue weighted by atomic mass is 32.1. The van der Waals surface area contributed by atoms with Gasteiger partial charge >= 0.3 is 5.97 Å². The van der Waals surface area contributed by atoms with Crippen molar-refractivity contribution >= 4 is 17.3 Å². The van der Waals surface area contributed by atoms with Gasteiger partial charge in [0.15, 0.2) is 0 Å². The molecule has 0 saturated heterocycles. The van der Waals surface area contributed by atoms with Crippen molar-refractivity contribution < 1.29 is 14.6 Å². The Balaban J connectivity index is 1.91. The van der Waals surface area contributed by atoms with E-state index in [-0.39, 0.29) is 0 Å². The van der Waals surface area contributed by atoms with Crippen molar-refractivity contribution in [3.05, 3.63) is 70.2 Å². The van der Waals surface area contributed by atoms with E-state index in [1.54, 1.807) is 0 Å². The summed E-state index contributed by atoms with van der Waals surface area (Å²) in [6.07, 6.45) is 0.588. The van der Waals surface area contributed by atoms with Gasteiger partial charge in [0.1, 0.15) is 22.2 Å². The topological polar surface area (TPSA) is 59.4 Å². The van der Waals surface area contributed by atoms with Gasteiger partial charge in [0, 0.05) is 0 Å². The lowest BCUT2D eigenvalue weighted by atomic mass is 10.1. The van der Waals surface area contributed by atoms with Crippen LogP contribution in [0, 0.1) is 6.92 Å². The van der Waals surface area contributed by atoms with Crippen molar-refractivity contribution in [2.24, 2.45) is 0 Å². The molecular weight excluding hydrogens is 334 g/mol. The summed E-state index contributed by atoms with van der Waals surface area (Å²) in [7, 11) is 0. The SMILES string of the molecule is CCc1nc(-c2ccccc2OCc2ccccc2C)sc1C(=O)O. The molecule has 3 aromatic rings. The molecule has 0 amide bonds. The average Bonchev–Trinajstić information content (AvgIpc) is 3.06. The van der Waals surface area contributed by atoms with Gasteiger partial charge in [0.2, 0.25) is 0 Å². The van der Waals surface area contributed by atoms with E-state index in [4.69, 9.17) is 4.74 Å². The quantitative estimate of drug-likeness (QED) is 0.680. The van der Waals surface area contributed by atoms with E-state index in [1.807, 2.05) is 49.4 Å². The number of aryl methyl sites for hydroxylation is 2. The maximum absolute atomic E-state index is 11.4. The number of hydrogen-bond donors (Lipinski definition) is 1. The fraction of sp³-hybridized carbons (Fsp3) is 0.200. The smallest absolute Gasteiger partial charge is 0.347 e. The highest BCUT2D eigenvalue weighted by Gasteiger charge is 2.19. The Kier molecular flexibility index (Phi) is 5.14. The molecule has 0 atom stereocenters. The summed E-state index contributed by atoms with van der Waals surface area (Å²) in [5.41, 5.74) is 3.73. The minimum Gasteiger partial charge on any atom is -0.488 e. The molecule has 0 spiro atoms. The van der Waals surface area contributed by atoms with Crippen LogP contribution in [-0.4, -0.2) is 16.1 Å². The Bertz CT molecular complexity index is 901. The number of aromatic nitrogens is 1. The van der Waals surface area contributed by atoms with E-state index in [1.165, 1.54) is 16.9 Å². The van der Waals surface area contributed by atoms with Gasteiger partial charge in [-0.2, -0.15) is 0 Å². The molecule has 1 N–H and O–H groups in total. The standard InChI is InChI=1S/C20H19NO3S/c1-3-16-18(20(22)23)25-19(21-16)15-10-6-7-11-17(15)24-12-14-9-5-4-8-13(14)2/h4-11H,3,12H2,1-2H3,(H,22,23). The third-order valence-corrected chi connectivity index (χ3v) is 5.11. The molecule has 0 radical (unpaired) electrons. The summed E-state index contributed by atoms with van der Waals surface area (Å²) in [6, 6.07) is 15.7. The van der Waals surface area contributed by atoms with E-state index in [0.717, 1.165) is 11.1 Å². The summed E-state index contributed by atoms with van der Waals surface area (Å²) in [5, 5.41) is 10.0. The third-order valence-electron chi connectivity index (χ3n) is 3.99. The number of carboxylic acid groups (broad SMARTS) is 1. The predicted molar refractivity (Wildman–Crippen MR) is 99.4 cm³/mol. The number of thiazole rings is 1. The third kappa shape index (κ3) is 3.72. The number of carboxylic acids is 1. The first-order valence-electron chi connectivity index (χ1n) is 8.09. The van der Waals surface area contributed by atoms with Gasteiger partial charge in [0.05, 0.1) is 11.3 Å². The van der Waals surface area contributed by atoms with Gasteiger partial charge in [-0.1, -0.05) is 43.3 Å². The average molecular weight is 353 g/mol. The fourth-order valence-electron chi connectivity index (χ4n) is 2.57. The minimum absolute atomic E-state index is 0.297. The Morgan fingerprint density at radius 1 is 1.16 bits per heavy atom. The molecule has 2 aromatic carbocycles. The lowest BCUT2D eigenvalue weighted by Gasteiger charge is -2.11. The van der Waals surface area contributed by atoms with Crippen molar-refractivity contribution in [1.82, 2.24) is 4.98 Å². The Labute approximate surface area is 150 Å². The fourth-order valence-corrected chi connectivity index (χ4v) is 3.59. The number of aromatic carboxylic acids is 1. The number of hydrogen-bond acceptors (Lipinski definition) is 4. The zero-order chi connectivity index (χ0) is 17.8. The number of para-hydroxylation sites is 1. The molecule has 128 valence electrons. The number of ether oxygens (including phenoxy) is 1. The van der Waals surface area contributed by atoms with Crippen LogP contribution in [0.3, 0.4) is 0 Å². The Hall–Kier alpha value is -2.66. The summed E-state index contributed by atoms with van der Waals surface area (Å²) < 4.78 is 6.02. The van der Waals surface area contributed by atoms with Crippen molar-refractivity contribution in [1.29, 1.82) is 0 Å². The highest BCUT2D eigenvalue weighted by molar-refractivity contribution is 7.17. The largest absolute Gasteiger partial charge is 0.488 e. The second-order valence-corrected chi connectivity index (χ2v) is 6.66. The van der Waals surface area contributed by atoms with Gasteiger partial charge in [0.25, 0.3) is 0 Å². The van der Waals surface area contributed by atoms with Crippen LogP contribution >= 0.6 is 11.3 Å². The van der Waals surface area contributed by atoms with Crippen LogP contribution in [0.15, 0.2) is 48.5 Å². The van der Waals surface area contributed by atoms with Crippen molar-refractivity contribution in [2.45, 2.75) is 26.9 Å². The molecular formula is C20H19NO3S. The van der Waals surface area contributed by atoms with Gasteiger partial charge in [-0.05, 0) is 36.6 Å². The number of carbonyl (C=O) groups is 1. The second kappa shape index (κ2) is 7.49. The van der Waals surface area contributed by atoms with Crippen LogP contribution in [0.1, 0.15) is 33.4 Å². The van der Waals surface area contributed by atoms with E-state index in [2.05, 4.69) is 18.0 Å². The maximum atomic E-state index is 11.4. The molecule has 1 aromatic heterocycles. The molecule has 4 nitrogen and oxygen atoms in total. The molecule has 0 aliphatic rings. The second-order valence-electron chi connectivity index (χ2n) is 5.66. The molecule has 0 aliphatic heterocycles. The summed E-state index contributed by atoms with van der Waals surface area (Å²) in [5.74, 6) is -0.224. The monoisotopic (exact) mass is 353 g/mol. The van der Waals surface area contributed by atoms with Crippen LogP contribution in [-0.2, 0) is 13.0 Å². The molecule has 0 bridgehead atoms. The zero-order valence-electron chi connectivity index (χ0n) is 14.2. The first-order chi connectivity index (χ1) is 12.1. The van der Waals surface area contributed by atoms with Crippen LogP contribution < -0.4 is 4.74 Å². The van der Waals surface area contributed by atoms with Crippen LogP contribution in [0.25, 0.3) is 10.6 Å². The van der Waals surface area contributed by atoms with Crippen molar-refractivity contribution in [3.8, 4) is 16.3 Å². The van der Waals surface area contributed by atoms with Gasteiger partial charge in [-0.15, -0.1) is 11.3 Å². The van der Waals surface area contributed by atoms with E-state index in [9.17, 15) is 9.90 Å². The molecule has 0 unspecified atom stereocenters. The minimum atomic E-state index is -0.932. The van der Waals surface area contributed by atoms with Crippen molar-refractivity contribution in [3.63, 3.8) is 0 Å². The molecule has 1 heterocycles. The number of rotatable bonds is 6. The molecule has 25 heavy (non-hydrogen) atoms. The predicted octanol–water partition coefficient (Wildman–Crippen LogP) is 4.96. The van der Waals surface area contributed by atoms with E-state index < -0.39 is 5.97 Å². The van der Waals surface area contributed by atoms with E-state index >= 15 is 0 Å². The molecule has 0 aliphatic carbocycles. The Morgan fingerprint density at radius 2 is 1.88 bits per heavy atom. The normalized spacial score (nSPS) is 10.6. The van der Waals surface area contributed by atoms with Gasteiger partial charge in [-0.3, -0.25) is 0 Å².